The largest absolute Gasteiger partial charge is 0.416 e. The molecule has 0 aliphatic carbocycles. The van der Waals surface area contributed by atoms with Crippen LogP contribution in [0.15, 0.2) is 18.2 Å². The molecular formula is C12H12ClF3O2. The molecule has 6 heteroatoms. The summed E-state index contributed by atoms with van der Waals surface area (Å²) < 4.78 is 43.9. The van der Waals surface area contributed by atoms with Crippen molar-refractivity contribution in [1.82, 2.24) is 0 Å². The second-order valence-electron chi connectivity index (χ2n) is 4.27. The predicted molar refractivity (Wildman–Crippen MR) is 60.4 cm³/mol. The summed E-state index contributed by atoms with van der Waals surface area (Å²) in [5.41, 5.74) is -0.764. The van der Waals surface area contributed by atoms with Crippen molar-refractivity contribution >= 4 is 11.6 Å². The molecule has 2 unspecified atom stereocenters. The van der Waals surface area contributed by atoms with Gasteiger partial charge in [0.25, 0.3) is 0 Å². The standard InChI is InChI=1S/C12H12ClF3O2/c13-7-1-2-10(12(14,15)16)9(5-7)11-6-8(17)3-4-18-11/h1-2,5,8,11,17H,3-4,6H2. The first-order valence-corrected chi connectivity index (χ1v) is 5.92. The summed E-state index contributed by atoms with van der Waals surface area (Å²) in [6, 6.07) is 3.40. The molecule has 1 aromatic rings. The van der Waals surface area contributed by atoms with E-state index in [0.717, 1.165) is 6.07 Å². The summed E-state index contributed by atoms with van der Waals surface area (Å²) in [7, 11) is 0. The molecule has 2 atom stereocenters. The van der Waals surface area contributed by atoms with E-state index in [2.05, 4.69) is 0 Å². The molecular weight excluding hydrogens is 269 g/mol. The first-order valence-electron chi connectivity index (χ1n) is 5.54. The van der Waals surface area contributed by atoms with Gasteiger partial charge in [-0.2, -0.15) is 13.2 Å². The molecule has 1 heterocycles. The lowest BCUT2D eigenvalue weighted by Gasteiger charge is -2.28. The normalized spacial score (nSPS) is 25.2. The Kier molecular flexibility index (Phi) is 3.84. The summed E-state index contributed by atoms with van der Waals surface area (Å²) in [6.07, 6.45) is -5.25. The SMILES string of the molecule is OC1CCOC(c2cc(Cl)ccc2C(F)(F)F)C1. The quantitative estimate of drug-likeness (QED) is 0.852. The molecule has 1 aliphatic heterocycles. The van der Waals surface area contributed by atoms with Crippen LogP contribution in [0.3, 0.4) is 0 Å². The number of aliphatic hydroxyl groups is 1. The summed E-state index contributed by atoms with van der Waals surface area (Å²) in [5.74, 6) is 0. The number of benzene rings is 1. The minimum Gasteiger partial charge on any atom is -0.393 e. The van der Waals surface area contributed by atoms with Crippen LogP contribution in [0.25, 0.3) is 0 Å². The molecule has 0 spiro atoms. The van der Waals surface area contributed by atoms with Crippen LogP contribution < -0.4 is 0 Å². The van der Waals surface area contributed by atoms with Crippen molar-refractivity contribution in [2.75, 3.05) is 6.61 Å². The molecule has 0 bridgehead atoms. The molecule has 100 valence electrons. The van der Waals surface area contributed by atoms with Crippen molar-refractivity contribution < 1.29 is 23.0 Å². The average Bonchev–Trinajstić information content (AvgIpc) is 2.27. The van der Waals surface area contributed by atoms with E-state index in [1.165, 1.54) is 12.1 Å². The summed E-state index contributed by atoms with van der Waals surface area (Å²) in [6.45, 7) is 0.246. The van der Waals surface area contributed by atoms with Crippen molar-refractivity contribution in [3.8, 4) is 0 Å². The minimum absolute atomic E-state index is 0.00579. The third kappa shape index (κ3) is 2.96. The van der Waals surface area contributed by atoms with Gasteiger partial charge in [-0.15, -0.1) is 0 Å². The van der Waals surface area contributed by atoms with Crippen LogP contribution in [0.1, 0.15) is 30.1 Å². The van der Waals surface area contributed by atoms with Crippen LogP contribution in [-0.2, 0) is 10.9 Å². The Balaban J connectivity index is 2.38. The molecule has 18 heavy (non-hydrogen) atoms. The Hall–Kier alpha value is -0.780. The van der Waals surface area contributed by atoms with Crippen molar-refractivity contribution in [3.63, 3.8) is 0 Å². The van der Waals surface area contributed by atoms with Gasteiger partial charge in [-0.3, -0.25) is 0 Å². The number of hydrogen-bond acceptors (Lipinski definition) is 2. The summed E-state index contributed by atoms with van der Waals surface area (Å²) in [5, 5.41) is 9.73. The van der Waals surface area contributed by atoms with Crippen LogP contribution in [-0.4, -0.2) is 17.8 Å². The van der Waals surface area contributed by atoms with Crippen molar-refractivity contribution in [2.24, 2.45) is 0 Å². The minimum atomic E-state index is -4.45. The maximum atomic E-state index is 12.9. The molecule has 1 N–H and O–H groups in total. The van der Waals surface area contributed by atoms with Crippen LogP contribution >= 0.6 is 11.6 Å². The predicted octanol–water partition coefficient (Wildman–Crippen LogP) is 3.57. The van der Waals surface area contributed by atoms with Crippen LogP contribution in [0, 0.1) is 0 Å². The molecule has 0 saturated carbocycles. The lowest BCUT2D eigenvalue weighted by Crippen LogP contribution is -2.25. The van der Waals surface area contributed by atoms with E-state index in [1.807, 2.05) is 0 Å². The monoisotopic (exact) mass is 280 g/mol. The molecule has 1 aromatic carbocycles. The Morgan fingerprint density at radius 1 is 1.33 bits per heavy atom. The second kappa shape index (κ2) is 5.07. The van der Waals surface area contributed by atoms with Crippen molar-refractivity contribution in [3.05, 3.63) is 34.3 Å². The first kappa shape index (κ1) is 13.6. The Labute approximate surface area is 107 Å². The molecule has 1 aliphatic rings. The molecule has 0 radical (unpaired) electrons. The van der Waals surface area contributed by atoms with Gasteiger partial charge >= 0.3 is 6.18 Å². The van der Waals surface area contributed by atoms with E-state index < -0.39 is 23.9 Å². The second-order valence-corrected chi connectivity index (χ2v) is 4.70. The van der Waals surface area contributed by atoms with E-state index in [4.69, 9.17) is 16.3 Å². The van der Waals surface area contributed by atoms with E-state index in [0.29, 0.717) is 6.42 Å². The van der Waals surface area contributed by atoms with Gasteiger partial charge in [0.15, 0.2) is 0 Å². The fraction of sp³-hybridized carbons (Fsp3) is 0.500. The van der Waals surface area contributed by atoms with Gasteiger partial charge in [0, 0.05) is 18.1 Å². The molecule has 0 aromatic heterocycles. The van der Waals surface area contributed by atoms with E-state index in [1.54, 1.807) is 0 Å². The zero-order valence-corrected chi connectivity index (χ0v) is 10.1. The van der Waals surface area contributed by atoms with Gasteiger partial charge in [0.05, 0.1) is 17.8 Å². The Bertz CT molecular complexity index is 434. The fourth-order valence-electron chi connectivity index (χ4n) is 2.05. The number of ether oxygens (including phenoxy) is 1. The fourth-order valence-corrected chi connectivity index (χ4v) is 2.23. The Morgan fingerprint density at radius 2 is 2.06 bits per heavy atom. The third-order valence-corrected chi connectivity index (χ3v) is 3.16. The number of halogens is 4. The van der Waals surface area contributed by atoms with Gasteiger partial charge in [0.1, 0.15) is 0 Å². The molecule has 1 fully saturated rings. The lowest BCUT2D eigenvalue weighted by atomic mass is 9.95. The topological polar surface area (TPSA) is 29.5 Å². The van der Waals surface area contributed by atoms with Crippen LogP contribution in [0.2, 0.25) is 5.02 Å². The van der Waals surface area contributed by atoms with Gasteiger partial charge in [-0.1, -0.05) is 11.6 Å². The van der Waals surface area contributed by atoms with Gasteiger partial charge in [0.2, 0.25) is 0 Å². The zero-order chi connectivity index (χ0) is 13.3. The third-order valence-electron chi connectivity index (χ3n) is 2.92. The molecule has 1 saturated heterocycles. The first-order chi connectivity index (χ1) is 8.38. The number of rotatable bonds is 1. The summed E-state index contributed by atoms with van der Waals surface area (Å²) >= 11 is 5.74. The highest BCUT2D eigenvalue weighted by atomic mass is 35.5. The highest BCUT2D eigenvalue weighted by molar-refractivity contribution is 6.30. The highest BCUT2D eigenvalue weighted by Crippen LogP contribution is 2.39. The van der Waals surface area contributed by atoms with Crippen molar-refractivity contribution in [2.45, 2.75) is 31.2 Å². The van der Waals surface area contributed by atoms with E-state index >= 15 is 0 Å². The summed E-state index contributed by atoms with van der Waals surface area (Å²) in [4.78, 5) is 0. The lowest BCUT2D eigenvalue weighted by molar-refractivity contribution is -0.140. The maximum Gasteiger partial charge on any atom is 0.416 e. The highest BCUT2D eigenvalue weighted by Gasteiger charge is 2.36. The van der Waals surface area contributed by atoms with Crippen molar-refractivity contribution in [1.29, 1.82) is 0 Å². The van der Waals surface area contributed by atoms with Crippen LogP contribution in [0.4, 0.5) is 13.2 Å². The number of hydrogen-bond donors (Lipinski definition) is 1. The maximum absolute atomic E-state index is 12.9. The van der Waals surface area contributed by atoms with Gasteiger partial charge < -0.3 is 9.84 Å². The van der Waals surface area contributed by atoms with E-state index in [-0.39, 0.29) is 23.6 Å². The Morgan fingerprint density at radius 3 is 2.67 bits per heavy atom. The number of alkyl halides is 3. The van der Waals surface area contributed by atoms with Gasteiger partial charge in [-0.05, 0) is 30.2 Å². The zero-order valence-electron chi connectivity index (χ0n) is 9.38. The molecule has 2 rings (SSSR count). The van der Waals surface area contributed by atoms with E-state index in [9.17, 15) is 18.3 Å². The van der Waals surface area contributed by atoms with Gasteiger partial charge in [-0.25, -0.2) is 0 Å². The number of aliphatic hydroxyl groups excluding tert-OH is 1. The molecule has 2 nitrogen and oxygen atoms in total. The average molecular weight is 281 g/mol. The smallest absolute Gasteiger partial charge is 0.393 e. The van der Waals surface area contributed by atoms with Crippen LogP contribution in [0.5, 0.6) is 0 Å². The molecule has 0 amide bonds.